The van der Waals surface area contributed by atoms with Crippen LogP contribution in [0.15, 0.2) is 42.5 Å². The first kappa shape index (κ1) is 21.2. The van der Waals surface area contributed by atoms with Gasteiger partial charge < -0.3 is 24.8 Å². The number of Topliss-reactive ketones (excluding diaryl/α,β-unsaturated/α-hetero) is 1. The SMILES string of the molecule is COc1cc(CN(CCOCc2ccccc2)C(N)=O)cc(OC)c1C(C)=O. The minimum absolute atomic E-state index is 0.165. The molecule has 2 rings (SSSR count). The van der Waals surface area contributed by atoms with Gasteiger partial charge in [-0.3, -0.25) is 4.79 Å². The fraction of sp³-hybridized carbons (Fsp3) is 0.333. The molecule has 0 heterocycles. The van der Waals surface area contributed by atoms with Gasteiger partial charge in [-0.1, -0.05) is 30.3 Å². The molecule has 0 aliphatic carbocycles. The zero-order valence-electron chi connectivity index (χ0n) is 16.4. The van der Waals surface area contributed by atoms with Crippen LogP contribution in [0.1, 0.15) is 28.4 Å². The molecule has 150 valence electrons. The van der Waals surface area contributed by atoms with Gasteiger partial charge in [0.2, 0.25) is 0 Å². The van der Waals surface area contributed by atoms with Crippen molar-refractivity contribution in [1.29, 1.82) is 0 Å². The molecule has 0 spiro atoms. The lowest BCUT2D eigenvalue weighted by Crippen LogP contribution is -2.37. The first-order valence-electron chi connectivity index (χ1n) is 8.88. The van der Waals surface area contributed by atoms with Gasteiger partial charge in [0, 0.05) is 13.1 Å². The lowest BCUT2D eigenvalue weighted by Gasteiger charge is -2.22. The monoisotopic (exact) mass is 386 g/mol. The average Bonchev–Trinajstić information content (AvgIpc) is 2.69. The summed E-state index contributed by atoms with van der Waals surface area (Å²) in [6.07, 6.45) is 0. The molecule has 0 saturated heterocycles. The maximum absolute atomic E-state index is 11.9. The molecule has 0 aliphatic heterocycles. The zero-order chi connectivity index (χ0) is 20.5. The Labute approximate surface area is 165 Å². The van der Waals surface area contributed by atoms with E-state index in [0.717, 1.165) is 11.1 Å². The van der Waals surface area contributed by atoms with Crippen molar-refractivity contribution >= 4 is 11.8 Å². The number of urea groups is 1. The summed E-state index contributed by atoms with van der Waals surface area (Å²) in [5.41, 5.74) is 7.67. The molecule has 0 atom stereocenters. The van der Waals surface area contributed by atoms with Crippen LogP contribution in [0.3, 0.4) is 0 Å². The van der Waals surface area contributed by atoms with E-state index in [-0.39, 0.29) is 12.3 Å². The quantitative estimate of drug-likeness (QED) is 0.501. The molecular formula is C21H26N2O5. The van der Waals surface area contributed by atoms with E-state index in [4.69, 9.17) is 19.9 Å². The summed E-state index contributed by atoms with van der Waals surface area (Å²) in [7, 11) is 2.96. The van der Waals surface area contributed by atoms with Crippen LogP contribution >= 0.6 is 0 Å². The average molecular weight is 386 g/mol. The van der Waals surface area contributed by atoms with Gasteiger partial charge >= 0.3 is 6.03 Å². The van der Waals surface area contributed by atoms with Gasteiger partial charge in [-0.2, -0.15) is 0 Å². The summed E-state index contributed by atoms with van der Waals surface area (Å²) in [5, 5.41) is 0. The van der Waals surface area contributed by atoms with Gasteiger partial charge in [-0.15, -0.1) is 0 Å². The third kappa shape index (κ3) is 5.72. The van der Waals surface area contributed by atoms with Crippen LogP contribution in [0, 0.1) is 0 Å². The number of nitrogens with zero attached hydrogens (tertiary/aromatic N) is 1. The second-order valence-electron chi connectivity index (χ2n) is 6.23. The number of primary amides is 1. The van der Waals surface area contributed by atoms with E-state index in [2.05, 4.69) is 0 Å². The normalized spacial score (nSPS) is 10.4. The number of ether oxygens (including phenoxy) is 3. The fourth-order valence-corrected chi connectivity index (χ4v) is 2.83. The molecule has 0 radical (unpaired) electrons. The largest absolute Gasteiger partial charge is 0.496 e. The molecule has 28 heavy (non-hydrogen) atoms. The minimum atomic E-state index is -0.558. The summed E-state index contributed by atoms with van der Waals surface area (Å²) < 4.78 is 16.3. The second kappa shape index (κ2) is 10.3. The van der Waals surface area contributed by atoms with E-state index < -0.39 is 6.03 Å². The highest BCUT2D eigenvalue weighted by molar-refractivity contribution is 5.99. The highest BCUT2D eigenvalue weighted by Crippen LogP contribution is 2.31. The Morgan fingerprint density at radius 1 is 1.00 bits per heavy atom. The van der Waals surface area contributed by atoms with E-state index in [1.807, 2.05) is 30.3 Å². The maximum Gasteiger partial charge on any atom is 0.315 e. The molecular weight excluding hydrogens is 360 g/mol. The molecule has 0 unspecified atom stereocenters. The Balaban J connectivity index is 2.05. The van der Waals surface area contributed by atoms with Gasteiger partial charge in [0.1, 0.15) is 17.1 Å². The minimum Gasteiger partial charge on any atom is -0.496 e. The zero-order valence-corrected chi connectivity index (χ0v) is 16.4. The number of benzene rings is 2. The van der Waals surface area contributed by atoms with Crippen LogP contribution in [0.5, 0.6) is 11.5 Å². The molecule has 0 aromatic heterocycles. The number of ketones is 1. The van der Waals surface area contributed by atoms with Crippen molar-refractivity contribution in [1.82, 2.24) is 4.90 Å². The van der Waals surface area contributed by atoms with Crippen molar-refractivity contribution in [3.05, 3.63) is 59.2 Å². The molecule has 0 saturated carbocycles. The van der Waals surface area contributed by atoms with Crippen LogP contribution in [-0.2, 0) is 17.9 Å². The molecule has 2 N–H and O–H groups in total. The molecule has 0 fully saturated rings. The number of rotatable bonds is 10. The Morgan fingerprint density at radius 2 is 1.61 bits per heavy atom. The lowest BCUT2D eigenvalue weighted by molar-refractivity contribution is 0.0985. The van der Waals surface area contributed by atoms with Crippen LogP contribution < -0.4 is 15.2 Å². The number of hydrogen-bond acceptors (Lipinski definition) is 5. The summed E-state index contributed by atoms with van der Waals surface area (Å²) >= 11 is 0. The van der Waals surface area contributed by atoms with Crippen molar-refractivity contribution in [3.63, 3.8) is 0 Å². The number of amides is 2. The summed E-state index contributed by atoms with van der Waals surface area (Å²) in [6, 6.07) is 12.6. The number of carbonyl (C=O) groups excluding carboxylic acids is 2. The second-order valence-corrected chi connectivity index (χ2v) is 6.23. The van der Waals surface area contributed by atoms with Crippen molar-refractivity contribution in [3.8, 4) is 11.5 Å². The van der Waals surface area contributed by atoms with Gasteiger partial charge in [-0.25, -0.2) is 4.79 Å². The summed E-state index contributed by atoms with van der Waals surface area (Å²) in [5.74, 6) is 0.625. The predicted octanol–water partition coefficient (Wildman–Crippen LogP) is 3.00. The van der Waals surface area contributed by atoms with Gasteiger partial charge in [-0.05, 0) is 30.2 Å². The lowest BCUT2D eigenvalue weighted by atomic mass is 10.1. The van der Waals surface area contributed by atoms with Crippen LogP contribution in [0.4, 0.5) is 4.79 Å². The van der Waals surface area contributed by atoms with Crippen LogP contribution in [-0.4, -0.2) is 44.1 Å². The Hall–Kier alpha value is -3.06. The van der Waals surface area contributed by atoms with Gasteiger partial charge in [0.25, 0.3) is 0 Å². The number of carbonyl (C=O) groups is 2. The first-order valence-corrected chi connectivity index (χ1v) is 8.88. The number of methoxy groups -OCH3 is 2. The topological polar surface area (TPSA) is 91.1 Å². The molecule has 2 amide bonds. The molecule has 0 aliphatic rings. The van der Waals surface area contributed by atoms with Crippen LogP contribution in [0.2, 0.25) is 0 Å². The highest BCUT2D eigenvalue weighted by Gasteiger charge is 2.18. The molecule has 2 aromatic carbocycles. The van der Waals surface area contributed by atoms with Gasteiger partial charge in [0.15, 0.2) is 5.78 Å². The van der Waals surface area contributed by atoms with E-state index >= 15 is 0 Å². The number of hydrogen-bond donors (Lipinski definition) is 1. The van der Waals surface area contributed by atoms with Crippen molar-refractivity contribution in [2.24, 2.45) is 5.73 Å². The van der Waals surface area contributed by atoms with Crippen LogP contribution in [0.25, 0.3) is 0 Å². The first-order chi connectivity index (χ1) is 13.5. The molecule has 7 nitrogen and oxygen atoms in total. The third-order valence-corrected chi connectivity index (χ3v) is 4.22. The predicted molar refractivity (Wildman–Crippen MR) is 106 cm³/mol. The van der Waals surface area contributed by atoms with E-state index in [9.17, 15) is 9.59 Å². The number of nitrogens with two attached hydrogens (primary N) is 1. The third-order valence-electron chi connectivity index (χ3n) is 4.22. The summed E-state index contributed by atoms with van der Waals surface area (Å²) in [4.78, 5) is 25.2. The molecule has 7 heteroatoms. The molecule has 2 aromatic rings. The van der Waals surface area contributed by atoms with E-state index in [1.54, 1.807) is 12.1 Å². The highest BCUT2D eigenvalue weighted by atomic mass is 16.5. The standard InChI is InChI=1S/C21H26N2O5/c1-15(24)20-18(26-2)11-17(12-19(20)27-3)13-23(21(22)25)9-10-28-14-16-7-5-4-6-8-16/h4-8,11-12H,9-10,13-14H2,1-3H3,(H2,22,25). The Kier molecular flexibility index (Phi) is 7.83. The Bertz CT molecular complexity index is 783. The summed E-state index contributed by atoms with van der Waals surface area (Å²) in [6.45, 7) is 2.83. The smallest absolute Gasteiger partial charge is 0.315 e. The fourth-order valence-electron chi connectivity index (χ4n) is 2.83. The Morgan fingerprint density at radius 3 is 2.11 bits per heavy atom. The van der Waals surface area contributed by atoms with E-state index in [0.29, 0.717) is 36.8 Å². The van der Waals surface area contributed by atoms with Crippen molar-refractivity contribution in [2.75, 3.05) is 27.4 Å². The maximum atomic E-state index is 11.9. The molecule has 0 bridgehead atoms. The van der Waals surface area contributed by atoms with Gasteiger partial charge in [0.05, 0.1) is 27.4 Å². The van der Waals surface area contributed by atoms with E-state index in [1.165, 1.54) is 26.0 Å². The van der Waals surface area contributed by atoms with Crippen molar-refractivity contribution < 1.29 is 23.8 Å². The van der Waals surface area contributed by atoms with Crippen molar-refractivity contribution in [2.45, 2.75) is 20.1 Å².